The maximum atomic E-state index is 10.9. The molecule has 1 aromatic heterocycles. The lowest BCUT2D eigenvalue weighted by molar-refractivity contribution is 0.100. The second-order valence-electron chi connectivity index (χ2n) is 2.52. The number of fused-ring (bicyclic) bond motifs is 1. The molecule has 0 saturated carbocycles. The van der Waals surface area contributed by atoms with Gasteiger partial charge >= 0.3 is 0 Å². The lowest BCUT2D eigenvalue weighted by Gasteiger charge is -1.94. The van der Waals surface area contributed by atoms with Crippen LogP contribution in [0.25, 0.3) is 11.0 Å². The molecule has 1 amide bonds. The molecule has 6 heteroatoms. The molecule has 0 unspecified atom stereocenters. The van der Waals surface area contributed by atoms with Crippen molar-refractivity contribution in [3.63, 3.8) is 0 Å². The summed E-state index contributed by atoms with van der Waals surface area (Å²) in [6.07, 6.45) is 0. The van der Waals surface area contributed by atoms with Gasteiger partial charge in [0.15, 0.2) is 0 Å². The molecule has 13 heavy (non-hydrogen) atoms. The van der Waals surface area contributed by atoms with E-state index in [1.54, 1.807) is 12.1 Å². The van der Waals surface area contributed by atoms with Gasteiger partial charge in [0.2, 0.25) is 0 Å². The van der Waals surface area contributed by atoms with Crippen LogP contribution in [0, 0.1) is 0 Å². The maximum absolute atomic E-state index is 10.9. The van der Waals surface area contributed by atoms with Crippen LogP contribution in [0.5, 0.6) is 0 Å². The van der Waals surface area contributed by atoms with Gasteiger partial charge in [0.1, 0.15) is 11.0 Å². The number of benzene rings is 1. The minimum Gasteiger partial charge on any atom is -0.410 e. The van der Waals surface area contributed by atoms with Crippen molar-refractivity contribution in [2.24, 2.45) is 5.73 Å². The predicted molar refractivity (Wildman–Crippen MR) is 43.2 cm³/mol. The largest absolute Gasteiger partial charge is 0.410 e. The Morgan fingerprint density at radius 3 is 3.00 bits per heavy atom. The Bertz CT molecular complexity index is 476. The normalized spacial score (nSPS) is 10.5. The summed E-state index contributed by atoms with van der Waals surface area (Å²) in [7, 11) is 0. The Kier molecular flexibility index (Phi) is 1.42. The highest BCUT2D eigenvalue weighted by molar-refractivity contribution is 6.03. The van der Waals surface area contributed by atoms with Crippen LogP contribution in [0.3, 0.4) is 0 Å². The molecule has 0 atom stereocenters. The summed E-state index contributed by atoms with van der Waals surface area (Å²) in [4.78, 5) is 11.5. The first kappa shape index (κ1) is 7.53. The Hall–Kier alpha value is -2.11. The molecule has 3 N–H and O–H groups in total. The van der Waals surface area contributed by atoms with Crippen LogP contribution < -0.4 is 5.73 Å². The average Bonchev–Trinajstić information content (AvgIpc) is 2.48. The van der Waals surface area contributed by atoms with Crippen molar-refractivity contribution in [1.82, 2.24) is 15.2 Å². The number of nitrogens with two attached hydrogens (primary N) is 1. The van der Waals surface area contributed by atoms with E-state index < -0.39 is 5.91 Å². The van der Waals surface area contributed by atoms with Crippen molar-refractivity contribution < 1.29 is 10.0 Å². The third kappa shape index (κ3) is 0.994. The molecule has 1 aromatic carbocycles. The topological polar surface area (TPSA) is 94.0 Å². The van der Waals surface area contributed by atoms with Crippen molar-refractivity contribution in [2.45, 2.75) is 0 Å². The summed E-state index contributed by atoms with van der Waals surface area (Å²) in [5, 5.41) is 16.1. The van der Waals surface area contributed by atoms with E-state index in [1.807, 2.05) is 0 Å². The Labute approximate surface area is 72.5 Å². The van der Waals surface area contributed by atoms with E-state index in [0.29, 0.717) is 15.9 Å². The van der Waals surface area contributed by atoms with Crippen LogP contribution in [0.4, 0.5) is 0 Å². The summed E-state index contributed by atoms with van der Waals surface area (Å²) in [6, 6.07) is 4.71. The molecule has 2 aromatic rings. The number of nitrogens with zero attached hydrogens (tertiary/aromatic N) is 3. The molecule has 1 heterocycles. The van der Waals surface area contributed by atoms with Crippen molar-refractivity contribution >= 4 is 16.9 Å². The number of aromatic nitrogens is 3. The van der Waals surface area contributed by atoms with E-state index in [0.717, 1.165) is 0 Å². The third-order valence-electron chi connectivity index (χ3n) is 1.73. The second kappa shape index (κ2) is 2.44. The van der Waals surface area contributed by atoms with Crippen molar-refractivity contribution in [1.29, 1.82) is 0 Å². The standard InChI is InChI=1S/C7H6N4O2/c8-7(12)4-2-1-3-5-6(4)9-10-11(5)13/h1-3,13H,(H2,8,12). The Morgan fingerprint density at radius 1 is 1.54 bits per heavy atom. The molecule has 0 fully saturated rings. The number of hydrogen-bond donors (Lipinski definition) is 2. The van der Waals surface area contributed by atoms with Gasteiger partial charge in [0.25, 0.3) is 5.91 Å². The minimum absolute atomic E-state index is 0.248. The monoisotopic (exact) mass is 178 g/mol. The van der Waals surface area contributed by atoms with E-state index in [4.69, 9.17) is 10.9 Å². The number of hydrogen-bond acceptors (Lipinski definition) is 4. The van der Waals surface area contributed by atoms with Gasteiger partial charge < -0.3 is 10.9 Å². The number of amides is 1. The number of primary amides is 1. The molecule has 0 aliphatic carbocycles. The van der Waals surface area contributed by atoms with Crippen LogP contribution in [-0.4, -0.2) is 26.3 Å². The van der Waals surface area contributed by atoms with E-state index >= 15 is 0 Å². The van der Waals surface area contributed by atoms with Gasteiger partial charge in [-0.1, -0.05) is 10.9 Å². The third-order valence-corrected chi connectivity index (χ3v) is 1.73. The SMILES string of the molecule is NC(=O)c1cccc2c1nnn2O. The number of carbonyl (C=O) groups excluding carboxylic acids is 1. The lowest BCUT2D eigenvalue weighted by atomic mass is 10.2. The van der Waals surface area contributed by atoms with Gasteiger partial charge in [-0.2, -0.15) is 0 Å². The quantitative estimate of drug-likeness (QED) is 0.589. The molecule has 0 saturated heterocycles. The van der Waals surface area contributed by atoms with Crippen LogP contribution >= 0.6 is 0 Å². The first-order chi connectivity index (χ1) is 6.20. The van der Waals surface area contributed by atoms with Gasteiger partial charge in [0.05, 0.1) is 5.56 Å². The van der Waals surface area contributed by atoms with Gasteiger partial charge in [-0.25, -0.2) is 0 Å². The molecule has 6 nitrogen and oxygen atoms in total. The first-order valence-corrected chi connectivity index (χ1v) is 3.53. The van der Waals surface area contributed by atoms with E-state index in [9.17, 15) is 4.79 Å². The average molecular weight is 178 g/mol. The van der Waals surface area contributed by atoms with E-state index in [1.165, 1.54) is 6.07 Å². The van der Waals surface area contributed by atoms with E-state index in [-0.39, 0.29) is 5.56 Å². The Balaban J connectivity index is 2.84. The molecule has 2 rings (SSSR count). The fraction of sp³-hybridized carbons (Fsp3) is 0. The zero-order valence-electron chi connectivity index (χ0n) is 6.51. The fourth-order valence-electron chi connectivity index (χ4n) is 1.13. The summed E-state index contributed by atoms with van der Waals surface area (Å²) in [5.74, 6) is -0.592. The molecule has 66 valence electrons. The van der Waals surface area contributed by atoms with Gasteiger partial charge in [-0.05, 0) is 17.3 Å². The first-order valence-electron chi connectivity index (χ1n) is 3.53. The number of carbonyl (C=O) groups is 1. The van der Waals surface area contributed by atoms with Gasteiger partial charge in [-0.3, -0.25) is 4.79 Å². The molecule has 0 radical (unpaired) electrons. The zero-order valence-corrected chi connectivity index (χ0v) is 6.51. The van der Waals surface area contributed by atoms with Crippen molar-refractivity contribution in [2.75, 3.05) is 0 Å². The summed E-state index contributed by atoms with van der Waals surface area (Å²) in [6.45, 7) is 0. The predicted octanol–water partition coefficient (Wildman–Crippen LogP) is -0.233. The van der Waals surface area contributed by atoms with Crippen LogP contribution in [0.2, 0.25) is 0 Å². The highest BCUT2D eigenvalue weighted by Gasteiger charge is 2.11. The maximum Gasteiger partial charge on any atom is 0.251 e. The lowest BCUT2D eigenvalue weighted by Crippen LogP contribution is -2.11. The molecule has 0 aliphatic rings. The Morgan fingerprint density at radius 2 is 2.31 bits per heavy atom. The van der Waals surface area contributed by atoms with Crippen LogP contribution in [0.1, 0.15) is 10.4 Å². The summed E-state index contributed by atoms with van der Waals surface area (Å²) in [5.41, 5.74) is 6.00. The van der Waals surface area contributed by atoms with Crippen LogP contribution in [0.15, 0.2) is 18.2 Å². The smallest absolute Gasteiger partial charge is 0.251 e. The minimum atomic E-state index is -0.592. The zero-order chi connectivity index (χ0) is 9.42. The highest BCUT2D eigenvalue weighted by atomic mass is 16.5. The highest BCUT2D eigenvalue weighted by Crippen LogP contribution is 2.13. The van der Waals surface area contributed by atoms with Crippen LogP contribution in [-0.2, 0) is 0 Å². The van der Waals surface area contributed by atoms with Crippen molar-refractivity contribution in [3.8, 4) is 0 Å². The van der Waals surface area contributed by atoms with E-state index in [2.05, 4.69) is 10.3 Å². The summed E-state index contributed by atoms with van der Waals surface area (Å²) < 4.78 is 0. The summed E-state index contributed by atoms with van der Waals surface area (Å²) >= 11 is 0. The van der Waals surface area contributed by atoms with Crippen molar-refractivity contribution in [3.05, 3.63) is 23.8 Å². The molecular weight excluding hydrogens is 172 g/mol. The van der Waals surface area contributed by atoms with Gasteiger partial charge in [0, 0.05) is 0 Å². The molecule has 0 bridgehead atoms. The second-order valence-corrected chi connectivity index (χ2v) is 2.52. The van der Waals surface area contributed by atoms with Gasteiger partial charge in [-0.15, -0.1) is 5.10 Å². The molecular formula is C7H6N4O2. The molecule has 0 aliphatic heterocycles. The molecule has 0 spiro atoms. The number of rotatable bonds is 1. The fourth-order valence-corrected chi connectivity index (χ4v) is 1.13.